The first-order valence-corrected chi connectivity index (χ1v) is 10.6. The second kappa shape index (κ2) is 8.79. The Balaban J connectivity index is 1.53. The van der Waals surface area contributed by atoms with Crippen molar-refractivity contribution in [2.75, 3.05) is 0 Å². The first-order chi connectivity index (χ1) is 15.0. The average Bonchev–Trinajstić information content (AvgIpc) is 3.39. The lowest BCUT2D eigenvalue weighted by molar-refractivity contribution is -0.148. The van der Waals surface area contributed by atoms with Gasteiger partial charge in [-0.3, -0.25) is 19.3 Å². The lowest BCUT2D eigenvalue weighted by Crippen LogP contribution is -2.50. The number of carbonyl (C=O) groups excluding carboxylic acids is 3. The van der Waals surface area contributed by atoms with Crippen LogP contribution in [0.3, 0.4) is 0 Å². The van der Waals surface area contributed by atoms with Gasteiger partial charge in [0.2, 0.25) is 17.7 Å². The van der Waals surface area contributed by atoms with Crippen molar-refractivity contribution in [3.05, 3.63) is 48.7 Å². The van der Waals surface area contributed by atoms with Crippen LogP contribution in [-0.4, -0.2) is 48.4 Å². The van der Waals surface area contributed by atoms with Crippen LogP contribution in [0.5, 0.6) is 0 Å². The molecule has 3 heterocycles. The fourth-order valence-electron chi connectivity index (χ4n) is 4.30. The summed E-state index contributed by atoms with van der Waals surface area (Å²) >= 11 is 0. The fraction of sp³-hybridized carbons (Fsp3) is 0.455. The van der Waals surface area contributed by atoms with Crippen LogP contribution < -0.4 is 5.32 Å². The molecule has 4 rings (SSSR count). The van der Waals surface area contributed by atoms with Crippen molar-refractivity contribution >= 4 is 17.7 Å². The molecule has 0 bridgehead atoms. The van der Waals surface area contributed by atoms with Crippen LogP contribution in [-0.2, 0) is 20.9 Å². The molecule has 0 spiro atoms. The minimum Gasteiger partial charge on any atom is -0.350 e. The van der Waals surface area contributed by atoms with Crippen molar-refractivity contribution in [3.63, 3.8) is 0 Å². The molecule has 2 aliphatic rings. The first-order valence-electron chi connectivity index (χ1n) is 10.6. The molecule has 1 fully saturated rings. The van der Waals surface area contributed by atoms with Gasteiger partial charge in [0.15, 0.2) is 5.82 Å². The quantitative estimate of drug-likeness (QED) is 0.537. The van der Waals surface area contributed by atoms with Crippen LogP contribution >= 0.6 is 0 Å². The maximum absolute atomic E-state index is 13.2. The summed E-state index contributed by atoms with van der Waals surface area (Å²) in [7, 11) is 0. The highest BCUT2D eigenvalue weighted by molar-refractivity contribution is 6.08. The van der Waals surface area contributed by atoms with Gasteiger partial charge in [0.25, 0.3) is 0 Å². The number of likely N-dealkylation sites (tertiary alicyclic amines) is 1. The summed E-state index contributed by atoms with van der Waals surface area (Å²) < 4.78 is 1.53. The Morgan fingerprint density at radius 2 is 1.90 bits per heavy atom. The summed E-state index contributed by atoms with van der Waals surface area (Å²) in [6, 6.07) is 2.80. The molecule has 1 N–H and O–H groups in total. The molecule has 0 radical (unpaired) electrons. The number of fused-ring (bicyclic) bond motifs is 1. The zero-order chi connectivity index (χ0) is 22.0. The van der Waals surface area contributed by atoms with E-state index in [4.69, 9.17) is 0 Å². The zero-order valence-electron chi connectivity index (χ0n) is 17.6. The molecule has 3 amide bonds. The highest BCUT2D eigenvalue weighted by atomic mass is 16.2. The van der Waals surface area contributed by atoms with Gasteiger partial charge in [0.1, 0.15) is 18.7 Å². The third-order valence-electron chi connectivity index (χ3n) is 5.81. The van der Waals surface area contributed by atoms with Gasteiger partial charge in [-0.05, 0) is 31.2 Å². The fourth-order valence-corrected chi connectivity index (χ4v) is 4.30. The van der Waals surface area contributed by atoms with E-state index in [0.717, 1.165) is 5.56 Å². The summed E-state index contributed by atoms with van der Waals surface area (Å²) in [4.78, 5) is 48.7. The normalized spacial score (nSPS) is 21.5. The van der Waals surface area contributed by atoms with Crippen LogP contribution in [0.4, 0.5) is 0 Å². The van der Waals surface area contributed by atoms with Crippen molar-refractivity contribution in [2.45, 2.75) is 45.7 Å². The number of pyridine rings is 1. The van der Waals surface area contributed by atoms with Gasteiger partial charge in [0.05, 0.1) is 11.8 Å². The number of carbonyl (C=O) groups is 3. The molecule has 1 aliphatic heterocycles. The highest BCUT2D eigenvalue weighted by Crippen LogP contribution is 2.37. The summed E-state index contributed by atoms with van der Waals surface area (Å²) in [6.07, 6.45) is 10.0. The number of amides is 3. The largest absolute Gasteiger partial charge is 0.350 e. The van der Waals surface area contributed by atoms with Crippen molar-refractivity contribution in [1.29, 1.82) is 0 Å². The lowest BCUT2D eigenvalue weighted by Gasteiger charge is -2.27. The molecule has 1 aliphatic carbocycles. The Hall–Kier alpha value is -3.36. The Kier molecular flexibility index (Phi) is 5.92. The summed E-state index contributed by atoms with van der Waals surface area (Å²) in [5.74, 6) is -0.799. The van der Waals surface area contributed by atoms with Crippen molar-refractivity contribution in [1.82, 2.24) is 30.0 Å². The molecule has 2 aromatic heterocycles. The predicted octanol–water partition coefficient (Wildman–Crippen LogP) is 1.64. The highest BCUT2D eigenvalue weighted by Gasteiger charge is 2.51. The topological polar surface area (TPSA) is 110 Å². The summed E-state index contributed by atoms with van der Waals surface area (Å²) in [5.41, 5.74) is 0.751. The van der Waals surface area contributed by atoms with Gasteiger partial charge in [-0.15, -0.1) is 0 Å². The first kappa shape index (κ1) is 20.9. The molecular weight excluding hydrogens is 396 g/mol. The van der Waals surface area contributed by atoms with Crippen LogP contribution in [0.1, 0.15) is 38.7 Å². The Morgan fingerprint density at radius 3 is 2.52 bits per heavy atom. The Bertz CT molecular complexity index is 974. The smallest absolute Gasteiger partial charge is 0.243 e. The number of hydrogen-bond acceptors (Lipinski definition) is 6. The molecule has 9 heteroatoms. The minimum absolute atomic E-state index is 0.140. The van der Waals surface area contributed by atoms with Gasteiger partial charge in [-0.2, -0.15) is 5.10 Å². The van der Waals surface area contributed by atoms with Gasteiger partial charge < -0.3 is 5.32 Å². The number of rotatable bonds is 7. The van der Waals surface area contributed by atoms with E-state index in [9.17, 15) is 14.4 Å². The van der Waals surface area contributed by atoms with Gasteiger partial charge >= 0.3 is 0 Å². The van der Waals surface area contributed by atoms with Crippen LogP contribution in [0.25, 0.3) is 5.82 Å². The Labute approximate surface area is 180 Å². The number of imide groups is 1. The van der Waals surface area contributed by atoms with E-state index in [1.807, 2.05) is 32.1 Å². The predicted molar refractivity (Wildman–Crippen MR) is 111 cm³/mol. The summed E-state index contributed by atoms with van der Waals surface area (Å²) in [5, 5.41) is 7.00. The molecular formula is C22H26N6O3. The SMILES string of the molecule is CC(C)C[C@H](C(=O)NCc1cccnc1-n1cncn1)N1C(=O)[C@@H]2CC=CC[C@H]2C1=O. The number of hydrogen-bond donors (Lipinski definition) is 1. The van der Waals surface area contributed by atoms with Crippen LogP contribution in [0.2, 0.25) is 0 Å². The molecule has 9 nitrogen and oxygen atoms in total. The number of nitrogens with one attached hydrogen (secondary N) is 1. The maximum Gasteiger partial charge on any atom is 0.243 e. The van der Waals surface area contributed by atoms with Gasteiger partial charge in [-0.1, -0.05) is 32.1 Å². The third kappa shape index (κ3) is 4.12. The van der Waals surface area contributed by atoms with E-state index >= 15 is 0 Å². The van der Waals surface area contributed by atoms with E-state index in [-0.39, 0.29) is 42.0 Å². The average molecular weight is 422 g/mol. The molecule has 0 aromatic carbocycles. The van der Waals surface area contributed by atoms with E-state index in [2.05, 4.69) is 20.4 Å². The van der Waals surface area contributed by atoms with E-state index < -0.39 is 6.04 Å². The molecule has 0 saturated carbocycles. The zero-order valence-corrected chi connectivity index (χ0v) is 17.6. The second-order valence-electron chi connectivity index (χ2n) is 8.39. The maximum atomic E-state index is 13.2. The molecule has 1 saturated heterocycles. The standard InChI is InChI=1S/C22H26N6O3/c1-14(2)10-18(28-21(30)16-7-3-4-8-17(16)22(28)31)20(29)25-11-15-6-5-9-24-19(15)27-13-23-12-26-27/h3-6,9,12-14,16-18H,7-8,10-11H2,1-2H3,(H,25,29)/t16-,17-,18-/m1/s1. The molecule has 0 unspecified atom stereocenters. The molecule has 162 valence electrons. The summed E-state index contributed by atoms with van der Waals surface area (Å²) in [6.45, 7) is 4.15. The monoisotopic (exact) mass is 422 g/mol. The van der Waals surface area contributed by atoms with Gasteiger partial charge in [0, 0.05) is 18.3 Å². The van der Waals surface area contributed by atoms with E-state index in [0.29, 0.717) is 25.1 Å². The van der Waals surface area contributed by atoms with Crippen molar-refractivity contribution < 1.29 is 14.4 Å². The van der Waals surface area contributed by atoms with Crippen LogP contribution in [0.15, 0.2) is 43.1 Å². The van der Waals surface area contributed by atoms with Gasteiger partial charge in [-0.25, -0.2) is 14.6 Å². The van der Waals surface area contributed by atoms with Crippen molar-refractivity contribution in [2.24, 2.45) is 17.8 Å². The number of aromatic nitrogens is 4. The van der Waals surface area contributed by atoms with E-state index in [1.165, 1.54) is 22.2 Å². The number of nitrogens with zero attached hydrogens (tertiary/aromatic N) is 5. The third-order valence-corrected chi connectivity index (χ3v) is 5.81. The Morgan fingerprint density at radius 1 is 1.19 bits per heavy atom. The molecule has 31 heavy (non-hydrogen) atoms. The molecule has 3 atom stereocenters. The lowest BCUT2D eigenvalue weighted by atomic mass is 9.85. The van der Waals surface area contributed by atoms with E-state index in [1.54, 1.807) is 12.3 Å². The van der Waals surface area contributed by atoms with Crippen LogP contribution in [0, 0.1) is 17.8 Å². The minimum atomic E-state index is -0.822. The molecule has 2 aromatic rings. The van der Waals surface area contributed by atoms with Crippen molar-refractivity contribution in [3.8, 4) is 5.82 Å². The second-order valence-corrected chi connectivity index (χ2v) is 8.39. The number of allylic oxidation sites excluding steroid dienone is 2.